The van der Waals surface area contributed by atoms with Crippen LogP contribution in [-0.2, 0) is 9.59 Å². The van der Waals surface area contributed by atoms with Crippen LogP contribution in [0.2, 0.25) is 0 Å². The summed E-state index contributed by atoms with van der Waals surface area (Å²) in [5.41, 5.74) is 2.13. The molecule has 0 aliphatic carbocycles. The Labute approximate surface area is 110 Å². The van der Waals surface area contributed by atoms with Crippen LogP contribution in [0, 0.1) is 0 Å². The van der Waals surface area contributed by atoms with E-state index >= 15 is 0 Å². The quantitative estimate of drug-likeness (QED) is 0.274. The van der Waals surface area contributed by atoms with Gasteiger partial charge in [0, 0.05) is 13.8 Å². The molecule has 0 bridgehead atoms. The third-order valence-corrected chi connectivity index (χ3v) is 2.37. The molecule has 0 spiro atoms. The number of hydrogen-bond acceptors (Lipinski definition) is 7. The van der Waals surface area contributed by atoms with Gasteiger partial charge >= 0.3 is 0 Å². The van der Waals surface area contributed by atoms with Crippen LogP contribution in [0.15, 0.2) is 0 Å². The van der Waals surface area contributed by atoms with Gasteiger partial charge in [0.1, 0.15) is 24.4 Å². The van der Waals surface area contributed by atoms with Crippen molar-refractivity contribution in [3.8, 4) is 0 Å². The van der Waals surface area contributed by atoms with E-state index < -0.39 is 49.4 Å². The highest BCUT2D eigenvalue weighted by Crippen LogP contribution is 2.06. The number of nitrogens with one attached hydrogen (secondary N) is 1. The second-order valence-electron chi connectivity index (χ2n) is 4.10. The Bertz CT molecular complexity index is 312. The zero-order valence-electron chi connectivity index (χ0n) is 10.7. The van der Waals surface area contributed by atoms with Crippen molar-refractivity contribution in [2.75, 3.05) is 13.2 Å². The van der Waals surface area contributed by atoms with Crippen molar-refractivity contribution in [1.29, 1.82) is 0 Å². The van der Waals surface area contributed by atoms with E-state index in [-0.39, 0.29) is 0 Å². The van der Waals surface area contributed by atoms with Crippen LogP contribution in [0.1, 0.15) is 13.8 Å². The van der Waals surface area contributed by atoms with Crippen LogP contribution in [0.4, 0.5) is 0 Å². The van der Waals surface area contributed by atoms with Gasteiger partial charge < -0.3 is 25.5 Å². The number of aliphatic hydroxyl groups is 5. The molecule has 0 heterocycles. The average Bonchev–Trinajstić information content (AvgIpc) is 2.34. The maximum Gasteiger partial charge on any atom is 0.237 e. The summed E-state index contributed by atoms with van der Waals surface area (Å²) in [5, 5.41) is 47.0. The predicted molar refractivity (Wildman–Crippen MR) is 62.3 cm³/mol. The fraction of sp³-hybridized carbons (Fsp3) is 0.800. The van der Waals surface area contributed by atoms with E-state index in [2.05, 4.69) is 5.43 Å². The highest BCUT2D eigenvalue weighted by molar-refractivity contribution is 5.79. The van der Waals surface area contributed by atoms with Gasteiger partial charge in [-0.25, -0.2) is 0 Å². The summed E-state index contributed by atoms with van der Waals surface area (Å²) in [5.74, 6) is -1.13. The largest absolute Gasteiger partial charge is 0.394 e. The molecule has 9 heteroatoms. The normalized spacial score (nSPS) is 17.2. The Hall–Kier alpha value is -1.26. The monoisotopic (exact) mass is 280 g/mol. The summed E-state index contributed by atoms with van der Waals surface area (Å²) in [6.07, 6.45) is -6.83. The Balaban J connectivity index is 4.58. The van der Waals surface area contributed by atoms with Gasteiger partial charge in [0.2, 0.25) is 11.8 Å². The fourth-order valence-electron chi connectivity index (χ4n) is 1.30. The number of nitrogens with zero attached hydrogens (tertiary/aromatic N) is 1. The summed E-state index contributed by atoms with van der Waals surface area (Å²) < 4.78 is 0. The van der Waals surface area contributed by atoms with Gasteiger partial charge in [-0.05, 0) is 0 Å². The zero-order valence-corrected chi connectivity index (χ0v) is 10.7. The van der Waals surface area contributed by atoms with Gasteiger partial charge in [0.05, 0.1) is 13.2 Å². The number of aliphatic hydroxyl groups excluding tert-OH is 5. The van der Waals surface area contributed by atoms with Gasteiger partial charge in [0.25, 0.3) is 0 Å². The minimum atomic E-state index is -1.79. The van der Waals surface area contributed by atoms with Crippen LogP contribution in [-0.4, -0.2) is 79.9 Å². The molecular weight excluding hydrogens is 260 g/mol. The van der Waals surface area contributed by atoms with Crippen LogP contribution < -0.4 is 5.43 Å². The van der Waals surface area contributed by atoms with Gasteiger partial charge in [-0.15, -0.1) is 0 Å². The lowest BCUT2D eigenvalue weighted by atomic mass is 10.0. The van der Waals surface area contributed by atoms with Crippen LogP contribution in [0.3, 0.4) is 0 Å². The first kappa shape index (κ1) is 17.7. The fourth-order valence-corrected chi connectivity index (χ4v) is 1.30. The molecule has 9 nitrogen and oxygen atoms in total. The van der Waals surface area contributed by atoms with E-state index in [4.69, 9.17) is 10.2 Å². The summed E-state index contributed by atoms with van der Waals surface area (Å²) in [7, 11) is 0. The average molecular weight is 280 g/mol. The van der Waals surface area contributed by atoms with Crippen molar-refractivity contribution in [2.45, 2.75) is 38.3 Å². The number of carbonyl (C=O) groups excluding carboxylic acids is 2. The Morgan fingerprint density at radius 2 is 1.53 bits per heavy atom. The maximum atomic E-state index is 11.2. The van der Waals surface area contributed by atoms with Gasteiger partial charge in [-0.2, -0.15) is 0 Å². The molecule has 0 aliphatic rings. The SMILES string of the molecule is CC(=O)NN(C[C@H](O)[C@@H](O)[C@@H](O)[C@H](O)CO)C(C)=O. The number of amides is 2. The molecule has 0 fully saturated rings. The maximum absolute atomic E-state index is 11.2. The molecular formula is C10H20N2O7. The first-order valence-corrected chi connectivity index (χ1v) is 5.59. The van der Waals surface area contributed by atoms with E-state index in [0.29, 0.717) is 0 Å². The molecule has 0 rings (SSSR count). The number of carbonyl (C=O) groups is 2. The smallest absolute Gasteiger partial charge is 0.237 e. The highest BCUT2D eigenvalue weighted by atomic mass is 16.4. The highest BCUT2D eigenvalue weighted by Gasteiger charge is 2.31. The molecule has 0 aromatic carbocycles. The van der Waals surface area contributed by atoms with Crippen molar-refractivity contribution in [1.82, 2.24) is 10.4 Å². The molecule has 0 radical (unpaired) electrons. The van der Waals surface area contributed by atoms with Gasteiger partial charge in [-0.1, -0.05) is 0 Å². The topological polar surface area (TPSA) is 151 Å². The molecule has 0 aromatic rings. The van der Waals surface area contributed by atoms with Crippen molar-refractivity contribution in [3.05, 3.63) is 0 Å². The lowest BCUT2D eigenvalue weighted by Crippen LogP contribution is -2.54. The minimum absolute atomic E-state index is 0.481. The second-order valence-corrected chi connectivity index (χ2v) is 4.10. The molecule has 6 N–H and O–H groups in total. The molecule has 19 heavy (non-hydrogen) atoms. The minimum Gasteiger partial charge on any atom is -0.394 e. The van der Waals surface area contributed by atoms with E-state index in [1.54, 1.807) is 0 Å². The van der Waals surface area contributed by atoms with E-state index in [0.717, 1.165) is 18.9 Å². The van der Waals surface area contributed by atoms with E-state index in [1.807, 2.05) is 0 Å². The molecule has 0 aromatic heterocycles. The summed E-state index contributed by atoms with van der Waals surface area (Å²) in [6.45, 7) is 1.01. The molecule has 4 atom stereocenters. The molecule has 2 amide bonds. The number of rotatable bonds is 6. The lowest BCUT2D eigenvalue weighted by Gasteiger charge is -2.29. The number of hydrazine groups is 1. The lowest BCUT2D eigenvalue weighted by molar-refractivity contribution is -0.147. The molecule has 0 saturated heterocycles. The zero-order chi connectivity index (χ0) is 15.2. The summed E-state index contributed by atoms with van der Waals surface area (Å²) in [6, 6.07) is 0. The van der Waals surface area contributed by atoms with Crippen LogP contribution in [0.25, 0.3) is 0 Å². The van der Waals surface area contributed by atoms with E-state index in [9.17, 15) is 24.9 Å². The first-order valence-electron chi connectivity index (χ1n) is 5.59. The van der Waals surface area contributed by atoms with Gasteiger partial charge in [0.15, 0.2) is 0 Å². The van der Waals surface area contributed by atoms with Crippen LogP contribution in [0.5, 0.6) is 0 Å². The molecule has 0 saturated carbocycles. The molecule has 0 unspecified atom stereocenters. The van der Waals surface area contributed by atoms with Crippen molar-refractivity contribution < 1.29 is 35.1 Å². The van der Waals surface area contributed by atoms with Crippen molar-refractivity contribution in [2.24, 2.45) is 0 Å². The van der Waals surface area contributed by atoms with Crippen molar-refractivity contribution in [3.63, 3.8) is 0 Å². The van der Waals surface area contributed by atoms with Crippen LogP contribution >= 0.6 is 0 Å². The summed E-state index contributed by atoms with van der Waals surface area (Å²) in [4.78, 5) is 22.0. The molecule has 112 valence electrons. The van der Waals surface area contributed by atoms with Crippen molar-refractivity contribution >= 4 is 11.8 Å². The Morgan fingerprint density at radius 3 is 1.89 bits per heavy atom. The third-order valence-electron chi connectivity index (χ3n) is 2.37. The number of hydrogen-bond donors (Lipinski definition) is 6. The Morgan fingerprint density at radius 1 is 1.05 bits per heavy atom. The first-order chi connectivity index (χ1) is 8.70. The second kappa shape index (κ2) is 8.02. The summed E-state index contributed by atoms with van der Waals surface area (Å²) >= 11 is 0. The van der Waals surface area contributed by atoms with Gasteiger partial charge in [-0.3, -0.25) is 20.0 Å². The van der Waals surface area contributed by atoms with E-state index in [1.165, 1.54) is 0 Å². The predicted octanol–water partition coefficient (Wildman–Crippen LogP) is -3.68. The third kappa shape index (κ3) is 5.94. The Kier molecular flexibility index (Phi) is 7.49. The molecule has 0 aliphatic heterocycles. The standard InChI is InChI=1S/C10H20N2O7/c1-5(14)11-12(6(2)15)3-7(16)9(18)10(19)8(17)4-13/h7-10,13,16-19H,3-4H2,1-2H3,(H,11,14)/t7-,8+,9+,10-/m0/s1.